The van der Waals surface area contributed by atoms with E-state index in [1.807, 2.05) is 29.2 Å². The lowest BCUT2D eigenvalue weighted by Crippen LogP contribution is -2.44. The van der Waals surface area contributed by atoms with E-state index in [0.29, 0.717) is 11.6 Å². The van der Waals surface area contributed by atoms with Gasteiger partial charge in [-0.15, -0.1) is 0 Å². The van der Waals surface area contributed by atoms with Crippen molar-refractivity contribution in [3.63, 3.8) is 0 Å². The van der Waals surface area contributed by atoms with Gasteiger partial charge in [-0.25, -0.2) is 0 Å². The fourth-order valence-corrected chi connectivity index (χ4v) is 5.99. The maximum Gasteiger partial charge on any atom is 0.253 e. The number of hydrogen-bond acceptors (Lipinski definition) is 5. The molecular formula is C30H39ClN4O3. The molecule has 1 aliphatic heterocycles. The Balaban J connectivity index is 1.50. The second-order valence-corrected chi connectivity index (χ2v) is 11.0. The van der Waals surface area contributed by atoms with Crippen molar-refractivity contribution >= 4 is 45.9 Å². The summed E-state index contributed by atoms with van der Waals surface area (Å²) in [5.41, 5.74) is 1.66. The average molecular weight is 539 g/mol. The molecule has 1 atom stereocenters. The van der Waals surface area contributed by atoms with Gasteiger partial charge in [0.15, 0.2) is 0 Å². The van der Waals surface area contributed by atoms with E-state index in [4.69, 9.17) is 11.6 Å². The number of pyridine rings is 1. The third-order valence-electron chi connectivity index (χ3n) is 8.15. The van der Waals surface area contributed by atoms with Gasteiger partial charge in [0.2, 0.25) is 5.91 Å². The molecule has 3 amide bonds. The number of rotatable bonds is 11. The van der Waals surface area contributed by atoms with Gasteiger partial charge in [0.05, 0.1) is 11.2 Å². The standard InChI is InChI=1S/C30H39ClN4O3/c1-4-33(5-2)18-6-7-21(3)35(27-16-17-32-26-19-24(31)12-13-25(26)27)30(38)23-10-8-22(9-11-23)20-34-28(36)14-15-29(34)37/h12-17,19,21-23H,4-11,18,20H2,1-3H3/t21?,22-,23-. The molecule has 0 saturated heterocycles. The van der Waals surface area contributed by atoms with Gasteiger partial charge in [0, 0.05) is 47.3 Å². The van der Waals surface area contributed by atoms with Crippen molar-refractivity contribution < 1.29 is 14.4 Å². The van der Waals surface area contributed by atoms with Gasteiger partial charge in [-0.05, 0) is 95.3 Å². The zero-order valence-corrected chi connectivity index (χ0v) is 23.5. The molecule has 1 aromatic carbocycles. The molecule has 4 rings (SSSR count). The predicted octanol–water partition coefficient (Wildman–Crippen LogP) is 5.46. The number of carbonyl (C=O) groups is 3. The van der Waals surface area contributed by atoms with Crippen LogP contribution in [0.5, 0.6) is 0 Å². The highest BCUT2D eigenvalue weighted by atomic mass is 35.5. The van der Waals surface area contributed by atoms with E-state index in [0.717, 1.165) is 74.7 Å². The van der Waals surface area contributed by atoms with Crippen LogP contribution in [0.25, 0.3) is 10.9 Å². The number of anilines is 1. The van der Waals surface area contributed by atoms with Crippen LogP contribution in [-0.2, 0) is 14.4 Å². The van der Waals surface area contributed by atoms with Crippen molar-refractivity contribution in [3.8, 4) is 0 Å². The van der Waals surface area contributed by atoms with Gasteiger partial charge in [0.25, 0.3) is 11.8 Å². The molecule has 38 heavy (non-hydrogen) atoms. The Labute approximate surface area is 230 Å². The average Bonchev–Trinajstić information content (AvgIpc) is 3.23. The molecule has 204 valence electrons. The van der Waals surface area contributed by atoms with E-state index in [1.165, 1.54) is 17.1 Å². The van der Waals surface area contributed by atoms with E-state index in [9.17, 15) is 14.4 Å². The van der Waals surface area contributed by atoms with Crippen molar-refractivity contribution in [1.29, 1.82) is 0 Å². The number of benzene rings is 1. The number of fused-ring (bicyclic) bond motifs is 1. The van der Waals surface area contributed by atoms with Crippen molar-refractivity contribution in [1.82, 2.24) is 14.8 Å². The van der Waals surface area contributed by atoms with Gasteiger partial charge >= 0.3 is 0 Å². The highest BCUT2D eigenvalue weighted by Crippen LogP contribution is 2.36. The van der Waals surface area contributed by atoms with Crippen LogP contribution < -0.4 is 4.90 Å². The number of nitrogens with zero attached hydrogens (tertiary/aromatic N) is 4. The Bertz CT molecular complexity index is 1170. The molecule has 8 heteroatoms. The smallest absolute Gasteiger partial charge is 0.253 e. The van der Waals surface area contributed by atoms with Crippen LogP contribution in [0.4, 0.5) is 5.69 Å². The first-order valence-corrected chi connectivity index (χ1v) is 14.3. The number of amides is 3. The molecule has 1 fully saturated rings. The van der Waals surface area contributed by atoms with E-state index in [-0.39, 0.29) is 35.6 Å². The zero-order chi connectivity index (χ0) is 27.2. The molecular weight excluding hydrogens is 500 g/mol. The summed E-state index contributed by atoms with van der Waals surface area (Å²) in [6.45, 7) is 10.0. The molecule has 2 aromatic rings. The minimum Gasteiger partial charge on any atom is -0.309 e. The van der Waals surface area contributed by atoms with Gasteiger partial charge in [0.1, 0.15) is 0 Å². The summed E-state index contributed by atoms with van der Waals surface area (Å²) in [5.74, 6) is -0.174. The molecule has 0 radical (unpaired) electrons. The fraction of sp³-hybridized carbons (Fsp3) is 0.533. The number of carbonyl (C=O) groups excluding carboxylic acids is 3. The number of aromatic nitrogens is 1. The van der Waals surface area contributed by atoms with Crippen molar-refractivity contribution in [2.45, 2.75) is 65.3 Å². The Morgan fingerprint density at radius 3 is 2.42 bits per heavy atom. The predicted molar refractivity (Wildman–Crippen MR) is 152 cm³/mol. The molecule has 1 aromatic heterocycles. The van der Waals surface area contributed by atoms with E-state index >= 15 is 0 Å². The molecule has 1 unspecified atom stereocenters. The second-order valence-electron chi connectivity index (χ2n) is 10.6. The summed E-state index contributed by atoms with van der Waals surface area (Å²) in [4.78, 5) is 48.4. The minimum atomic E-state index is -0.234. The molecule has 0 N–H and O–H groups in total. The number of hydrogen-bond donors (Lipinski definition) is 0. The molecule has 0 bridgehead atoms. The topological polar surface area (TPSA) is 73.8 Å². The Morgan fingerprint density at radius 2 is 1.76 bits per heavy atom. The zero-order valence-electron chi connectivity index (χ0n) is 22.7. The van der Waals surface area contributed by atoms with Crippen molar-refractivity contribution in [2.24, 2.45) is 11.8 Å². The number of imide groups is 1. The van der Waals surface area contributed by atoms with Crippen LogP contribution in [0.2, 0.25) is 5.02 Å². The first-order chi connectivity index (χ1) is 18.3. The molecule has 2 aliphatic rings. The lowest BCUT2D eigenvalue weighted by atomic mass is 9.80. The lowest BCUT2D eigenvalue weighted by Gasteiger charge is -2.36. The highest BCUT2D eigenvalue weighted by molar-refractivity contribution is 6.31. The first-order valence-electron chi connectivity index (χ1n) is 14.0. The number of halogens is 1. The summed E-state index contributed by atoms with van der Waals surface area (Å²) < 4.78 is 0. The third-order valence-corrected chi connectivity index (χ3v) is 8.38. The van der Waals surface area contributed by atoms with Gasteiger partial charge in [-0.1, -0.05) is 25.4 Å². The fourth-order valence-electron chi connectivity index (χ4n) is 5.83. The molecule has 0 spiro atoms. The van der Waals surface area contributed by atoms with Crippen LogP contribution >= 0.6 is 11.6 Å². The van der Waals surface area contributed by atoms with Crippen LogP contribution in [-0.4, -0.2) is 64.7 Å². The van der Waals surface area contributed by atoms with Gasteiger partial charge < -0.3 is 9.80 Å². The summed E-state index contributed by atoms with van der Waals surface area (Å²) in [6.07, 6.45) is 9.50. The maximum atomic E-state index is 14.2. The quantitative estimate of drug-likeness (QED) is 0.355. The van der Waals surface area contributed by atoms with Crippen LogP contribution in [0.3, 0.4) is 0 Å². The monoisotopic (exact) mass is 538 g/mol. The summed E-state index contributed by atoms with van der Waals surface area (Å²) >= 11 is 6.24. The van der Waals surface area contributed by atoms with Crippen LogP contribution in [0.1, 0.15) is 59.3 Å². The summed E-state index contributed by atoms with van der Waals surface area (Å²) in [7, 11) is 0. The van der Waals surface area contributed by atoms with Crippen LogP contribution in [0.15, 0.2) is 42.6 Å². The maximum absolute atomic E-state index is 14.2. The van der Waals surface area contributed by atoms with Crippen molar-refractivity contribution in [2.75, 3.05) is 31.1 Å². The third kappa shape index (κ3) is 6.44. The normalized spacial score (nSPS) is 20.5. The van der Waals surface area contributed by atoms with Crippen LogP contribution in [0, 0.1) is 11.8 Å². The van der Waals surface area contributed by atoms with Gasteiger partial charge in [-0.3, -0.25) is 24.3 Å². The lowest BCUT2D eigenvalue weighted by molar-refractivity contribution is -0.138. The SMILES string of the molecule is CCN(CC)CCCC(C)N(c1ccnc2cc(Cl)ccc12)C(=O)[C@H]1CC[C@H](CN2C(=O)C=CC2=O)CC1. The molecule has 1 saturated carbocycles. The summed E-state index contributed by atoms with van der Waals surface area (Å²) in [5, 5.41) is 1.55. The van der Waals surface area contributed by atoms with Crippen molar-refractivity contribution in [3.05, 3.63) is 47.6 Å². The molecule has 2 heterocycles. The van der Waals surface area contributed by atoms with E-state index < -0.39 is 0 Å². The minimum absolute atomic E-state index is 0.0305. The Kier molecular flexibility index (Phi) is 9.55. The second kappa shape index (κ2) is 12.9. The molecule has 1 aliphatic carbocycles. The Hall–Kier alpha value is -2.77. The Morgan fingerprint density at radius 1 is 1.08 bits per heavy atom. The highest BCUT2D eigenvalue weighted by Gasteiger charge is 2.35. The van der Waals surface area contributed by atoms with E-state index in [2.05, 4.69) is 30.7 Å². The van der Waals surface area contributed by atoms with E-state index in [1.54, 1.807) is 6.20 Å². The van der Waals surface area contributed by atoms with Gasteiger partial charge in [-0.2, -0.15) is 0 Å². The summed E-state index contributed by atoms with van der Waals surface area (Å²) in [6, 6.07) is 7.62. The molecule has 7 nitrogen and oxygen atoms in total. The largest absolute Gasteiger partial charge is 0.309 e. The first kappa shape index (κ1) is 28.2.